The van der Waals surface area contributed by atoms with E-state index in [1.54, 1.807) is 0 Å². The van der Waals surface area contributed by atoms with Crippen molar-refractivity contribution in [3.05, 3.63) is 0 Å². The predicted molar refractivity (Wildman–Crippen MR) is 73.1 cm³/mol. The second kappa shape index (κ2) is 5.61. The minimum Gasteiger partial charge on any atom is -0.340 e. The first-order valence-corrected chi connectivity index (χ1v) is 7.77. The van der Waals surface area contributed by atoms with E-state index >= 15 is 0 Å². The monoisotopic (exact) mass is 256 g/mol. The van der Waals surface area contributed by atoms with Crippen LogP contribution in [0.25, 0.3) is 0 Å². The third-order valence-electron chi connectivity index (χ3n) is 3.67. The lowest BCUT2D eigenvalue weighted by Gasteiger charge is -2.40. The summed E-state index contributed by atoms with van der Waals surface area (Å²) in [5.41, 5.74) is 0. The van der Waals surface area contributed by atoms with Gasteiger partial charge in [0.2, 0.25) is 5.91 Å². The highest BCUT2D eigenvalue weighted by atomic mass is 32.2. The highest BCUT2D eigenvalue weighted by Crippen LogP contribution is 2.35. The molecule has 2 aliphatic rings. The molecule has 1 N–H and O–H groups in total. The fourth-order valence-corrected chi connectivity index (χ4v) is 3.98. The van der Waals surface area contributed by atoms with E-state index in [4.69, 9.17) is 0 Å². The summed E-state index contributed by atoms with van der Waals surface area (Å²) in [7, 11) is 0. The van der Waals surface area contributed by atoms with E-state index in [9.17, 15) is 4.79 Å². The van der Waals surface area contributed by atoms with Crippen LogP contribution in [0, 0.1) is 5.92 Å². The van der Waals surface area contributed by atoms with Crippen LogP contribution in [0.3, 0.4) is 0 Å². The maximum Gasteiger partial charge on any atom is 0.222 e. The molecule has 0 aromatic carbocycles. The van der Waals surface area contributed by atoms with Gasteiger partial charge in [-0.1, -0.05) is 13.8 Å². The highest BCUT2D eigenvalue weighted by molar-refractivity contribution is 8.00. The average molecular weight is 256 g/mol. The second-order valence-corrected chi connectivity index (χ2v) is 7.10. The number of hydrogen-bond donors (Lipinski definition) is 1. The number of carbonyl (C=O) groups is 1. The first-order valence-electron chi connectivity index (χ1n) is 6.78. The van der Waals surface area contributed by atoms with Gasteiger partial charge in [-0.25, -0.2) is 0 Å². The van der Waals surface area contributed by atoms with Crippen molar-refractivity contribution < 1.29 is 4.79 Å². The molecule has 0 aliphatic carbocycles. The smallest absolute Gasteiger partial charge is 0.222 e. The number of nitrogens with one attached hydrogen (secondary N) is 1. The molecule has 2 heterocycles. The van der Waals surface area contributed by atoms with Gasteiger partial charge in [-0.3, -0.25) is 4.79 Å². The van der Waals surface area contributed by atoms with Gasteiger partial charge in [0, 0.05) is 31.8 Å². The van der Waals surface area contributed by atoms with Gasteiger partial charge in [0.15, 0.2) is 0 Å². The van der Waals surface area contributed by atoms with E-state index in [0.29, 0.717) is 11.8 Å². The van der Waals surface area contributed by atoms with Crippen molar-refractivity contribution in [3.63, 3.8) is 0 Å². The number of rotatable bonds is 3. The maximum absolute atomic E-state index is 12.1. The third kappa shape index (κ3) is 3.38. The van der Waals surface area contributed by atoms with Crippen LogP contribution in [-0.4, -0.2) is 41.1 Å². The Bertz CT molecular complexity index is 275. The van der Waals surface area contributed by atoms with Gasteiger partial charge in [-0.05, 0) is 25.2 Å². The molecule has 17 heavy (non-hydrogen) atoms. The molecule has 2 fully saturated rings. The number of likely N-dealkylation sites (tertiary alicyclic amines) is 1. The average Bonchev–Trinajstić information content (AvgIpc) is 2.74. The van der Waals surface area contributed by atoms with Crippen LogP contribution in [0.4, 0.5) is 0 Å². The van der Waals surface area contributed by atoms with Gasteiger partial charge >= 0.3 is 0 Å². The molecule has 0 aromatic heterocycles. The lowest BCUT2D eigenvalue weighted by atomic mass is 10.0. The maximum atomic E-state index is 12.1. The van der Waals surface area contributed by atoms with Crippen LogP contribution in [0.5, 0.6) is 0 Å². The summed E-state index contributed by atoms with van der Waals surface area (Å²) in [6.45, 7) is 7.33. The van der Waals surface area contributed by atoms with E-state index in [-0.39, 0.29) is 4.87 Å². The second-order valence-electron chi connectivity index (χ2n) is 5.62. The molecule has 1 unspecified atom stereocenters. The number of hydrogen-bond acceptors (Lipinski definition) is 3. The molecule has 0 aromatic rings. The number of thioether (sulfide) groups is 1. The molecule has 1 spiro atoms. The summed E-state index contributed by atoms with van der Waals surface area (Å²) in [6.07, 6.45) is 4.10. The van der Waals surface area contributed by atoms with Crippen molar-refractivity contribution >= 4 is 17.7 Å². The summed E-state index contributed by atoms with van der Waals surface area (Å²) >= 11 is 2.01. The number of nitrogens with zero attached hydrogens (tertiary/aromatic N) is 1. The van der Waals surface area contributed by atoms with Crippen LogP contribution in [0.2, 0.25) is 0 Å². The van der Waals surface area contributed by atoms with Crippen LogP contribution in [0.1, 0.15) is 39.5 Å². The first kappa shape index (κ1) is 13.2. The summed E-state index contributed by atoms with van der Waals surface area (Å²) in [5.74, 6) is 2.16. The molecule has 1 atom stereocenters. The summed E-state index contributed by atoms with van der Waals surface area (Å²) in [4.78, 5) is 14.4. The van der Waals surface area contributed by atoms with Gasteiger partial charge in [0.1, 0.15) is 0 Å². The molecular formula is C13H24N2OS. The molecule has 1 amide bonds. The number of piperidine rings is 1. The van der Waals surface area contributed by atoms with E-state index in [1.807, 2.05) is 11.8 Å². The third-order valence-corrected chi connectivity index (χ3v) is 5.11. The van der Waals surface area contributed by atoms with Crippen LogP contribution >= 0.6 is 11.8 Å². The summed E-state index contributed by atoms with van der Waals surface area (Å²) < 4.78 is 0. The summed E-state index contributed by atoms with van der Waals surface area (Å²) in [5, 5.41) is 3.59. The Morgan fingerprint density at radius 3 is 3.00 bits per heavy atom. The quantitative estimate of drug-likeness (QED) is 0.839. The summed E-state index contributed by atoms with van der Waals surface area (Å²) in [6, 6.07) is 0. The molecular weight excluding hydrogens is 232 g/mol. The topological polar surface area (TPSA) is 32.3 Å². The minimum atomic E-state index is 0.186. The SMILES string of the molecule is CC(C)CCC(=O)N1CCCC2(C1)NCCS2. The molecule has 2 aliphatic heterocycles. The fourth-order valence-electron chi connectivity index (χ4n) is 2.64. The molecule has 3 nitrogen and oxygen atoms in total. The van der Waals surface area contributed by atoms with Crippen molar-refractivity contribution in [1.82, 2.24) is 10.2 Å². The van der Waals surface area contributed by atoms with Crippen LogP contribution < -0.4 is 5.32 Å². The zero-order chi connectivity index (χ0) is 12.3. The largest absolute Gasteiger partial charge is 0.340 e. The van der Waals surface area contributed by atoms with E-state index in [1.165, 1.54) is 12.2 Å². The van der Waals surface area contributed by atoms with Crippen molar-refractivity contribution in [2.24, 2.45) is 5.92 Å². The normalized spacial score (nSPS) is 29.2. The van der Waals surface area contributed by atoms with E-state index in [0.717, 1.165) is 38.9 Å². The Morgan fingerprint density at radius 1 is 1.53 bits per heavy atom. The standard InChI is InChI=1S/C13H24N2OS/c1-11(2)4-5-12(16)15-8-3-6-13(10-15)14-7-9-17-13/h11,14H,3-10H2,1-2H3. The van der Waals surface area contributed by atoms with E-state index in [2.05, 4.69) is 24.1 Å². The zero-order valence-electron chi connectivity index (χ0n) is 11.0. The Labute approximate surface area is 109 Å². The molecule has 0 bridgehead atoms. The van der Waals surface area contributed by atoms with Crippen LogP contribution in [-0.2, 0) is 4.79 Å². The van der Waals surface area contributed by atoms with Gasteiger partial charge in [0.25, 0.3) is 0 Å². The molecule has 4 heteroatoms. The lowest BCUT2D eigenvalue weighted by Crippen LogP contribution is -2.53. The van der Waals surface area contributed by atoms with Crippen LogP contribution in [0.15, 0.2) is 0 Å². The van der Waals surface area contributed by atoms with Gasteiger partial charge < -0.3 is 10.2 Å². The highest BCUT2D eigenvalue weighted by Gasteiger charge is 2.39. The van der Waals surface area contributed by atoms with Gasteiger partial charge in [0.05, 0.1) is 4.87 Å². The van der Waals surface area contributed by atoms with E-state index < -0.39 is 0 Å². The Hall–Kier alpha value is -0.220. The minimum absolute atomic E-state index is 0.186. The van der Waals surface area contributed by atoms with Crippen molar-refractivity contribution in [1.29, 1.82) is 0 Å². The molecule has 0 radical (unpaired) electrons. The van der Waals surface area contributed by atoms with Crippen molar-refractivity contribution in [2.45, 2.75) is 44.4 Å². The van der Waals surface area contributed by atoms with Crippen molar-refractivity contribution in [2.75, 3.05) is 25.4 Å². The zero-order valence-corrected chi connectivity index (χ0v) is 11.8. The van der Waals surface area contributed by atoms with Gasteiger partial charge in [-0.2, -0.15) is 0 Å². The number of amides is 1. The predicted octanol–water partition coefficient (Wildman–Crippen LogP) is 2.08. The fraction of sp³-hybridized carbons (Fsp3) is 0.923. The van der Waals surface area contributed by atoms with Crippen molar-refractivity contribution in [3.8, 4) is 0 Å². The Balaban J connectivity index is 1.86. The molecule has 2 saturated heterocycles. The molecule has 0 saturated carbocycles. The first-order chi connectivity index (χ1) is 8.11. The Morgan fingerprint density at radius 2 is 2.35 bits per heavy atom. The molecule has 2 rings (SSSR count). The Kier molecular flexibility index (Phi) is 4.36. The lowest BCUT2D eigenvalue weighted by molar-refractivity contribution is -0.133. The molecule has 98 valence electrons. The van der Waals surface area contributed by atoms with Gasteiger partial charge in [-0.15, -0.1) is 11.8 Å². The number of carbonyl (C=O) groups excluding carboxylic acids is 1.